The van der Waals surface area contributed by atoms with E-state index in [1.54, 1.807) is 12.1 Å². The molecule has 1 aromatic rings. The molecule has 2 amide bonds. The first-order chi connectivity index (χ1) is 8.09. The average Bonchev–Trinajstić information content (AvgIpc) is 2.61. The van der Waals surface area contributed by atoms with Crippen LogP contribution in [0, 0.1) is 0 Å². The number of amides is 2. The molecule has 2 N–H and O–H groups in total. The highest BCUT2D eigenvalue weighted by molar-refractivity contribution is 6.04. The Bertz CT molecular complexity index is 482. The Morgan fingerprint density at radius 1 is 1.18 bits per heavy atom. The number of carbonyl (C=O) groups excluding carboxylic acids is 2. The van der Waals surface area contributed by atoms with Crippen LogP contribution < -0.4 is 5.43 Å². The highest BCUT2D eigenvalue weighted by Crippen LogP contribution is 2.19. The Morgan fingerprint density at radius 2 is 1.76 bits per heavy atom. The maximum Gasteiger partial charge on any atom is 0.337 e. The van der Waals surface area contributed by atoms with Crippen molar-refractivity contribution < 1.29 is 19.5 Å². The number of hydrogen-bond acceptors (Lipinski definition) is 4. The molecule has 1 aliphatic heterocycles. The minimum atomic E-state index is -1.12. The Morgan fingerprint density at radius 3 is 2.35 bits per heavy atom. The number of para-hydroxylation sites is 1. The van der Waals surface area contributed by atoms with Crippen LogP contribution >= 0.6 is 0 Å². The molecule has 0 saturated carbocycles. The molecule has 1 heterocycles. The van der Waals surface area contributed by atoms with E-state index in [9.17, 15) is 14.4 Å². The van der Waals surface area contributed by atoms with E-state index in [2.05, 4.69) is 5.43 Å². The number of nitrogens with one attached hydrogen (secondary N) is 1. The zero-order valence-corrected chi connectivity index (χ0v) is 8.84. The summed E-state index contributed by atoms with van der Waals surface area (Å²) in [6.45, 7) is 0. The highest BCUT2D eigenvalue weighted by Gasteiger charge is 2.29. The minimum Gasteiger partial charge on any atom is -0.478 e. The summed E-state index contributed by atoms with van der Waals surface area (Å²) in [6.07, 6.45) is 0.308. The van der Waals surface area contributed by atoms with Crippen molar-refractivity contribution in [3.05, 3.63) is 29.8 Å². The van der Waals surface area contributed by atoms with E-state index in [1.165, 1.54) is 12.1 Å². The Hall–Kier alpha value is -2.37. The number of anilines is 1. The Balaban J connectivity index is 2.27. The average molecular weight is 234 g/mol. The number of carboxylic acids is 1. The van der Waals surface area contributed by atoms with Gasteiger partial charge in [0.05, 0.1) is 11.3 Å². The summed E-state index contributed by atoms with van der Waals surface area (Å²) in [4.78, 5) is 33.7. The second kappa shape index (κ2) is 4.25. The molecule has 6 heteroatoms. The van der Waals surface area contributed by atoms with Crippen molar-refractivity contribution in [2.24, 2.45) is 0 Å². The van der Waals surface area contributed by atoms with Gasteiger partial charge in [0.25, 0.3) is 0 Å². The van der Waals surface area contributed by atoms with Crippen molar-refractivity contribution >= 4 is 23.5 Å². The van der Waals surface area contributed by atoms with Gasteiger partial charge in [-0.05, 0) is 12.1 Å². The van der Waals surface area contributed by atoms with Crippen LogP contribution in [0.25, 0.3) is 0 Å². The fourth-order valence-corrected chi connectivity index (χ4v) is 1.59. The number of carboxylic acid groups (broad SMARTS) is 1. The van der Waals surface area contributed by atoms with Gasteiger partial charge in [0, 0.05) is 12.8 Å². The van der Waals surface area contributed by atoms with Gasteiger partial charge in [0.1, 0.15) is 0 Å². The fourth-order valence-electron chi connectivity index (χ4n) is 1.59. The lowest BCUT2D eigenvalue weighted by Crippen LogP contribution is -2.35. The van der Waals surface area contributed by atoms with Crippen LogP contribution in [0.4, 0.5) is 5.69 Å². The van der Waals surface area contributed by atoms with Crippen molar-refractivity contribution in [2.45, 2.75) is 12.8 Å². The molecule has 0 bridgehead atoms. The molecular formula is C11H10N2O4. The highest BCUT2D eigenvalue weighted by atomic mass is 16.4. The predicted octanol–water partition coefficient (Wildman–Crippen LogP) is 0.861. The van der Waals surface area contributed by atoms with Gasteiger partial charge in [0.2, 0.25) is 11.8 Å². The van der Waals surface area contributed by atoms with Crippen LogP contribution in [-0.2, 0) is 9.59 Å². The smallest absolute Gasteiger partial charge is 0.337 e. The number of aromatic carboxylic acids is 1. The summed E-state index contributed by atoms with van der Waals surface area (Å²) >= 11 is 0. The molecule has 2 rings (SSSR count). The molecule has 1 fully saturated rings. The molecule has 0 radical (unpaired) electrons. The van der Waals surface area contributed by atoms with Gasteiger partial charge in [-0.3, -0.25) is 15.0 Å². The minimum absolute atomic E-state index is 0.0139. The summed E-state index contributed by atoms with van der Waals surface area (Å²) in [7, 11) is 0. The fraction of sp³-hybridized carbons (Fsp3) is 0.182. The number of benzene rings is 1. The summed E-state index contributed by atoms with van der Waals surface area (Å²) in [5.41, 5.74) is 2.78. The van der Waals surface area contributed by atoms with Gasteiger partial charge in [-0.2, -0.15) is 5.01 Å². The van der Waals surface area contributed by atoms with Gasteiger partial charge in [-0.25, -0.2) is 4.79 Å². The number of nitrogens with zero attached hydrogens (tertiary/aromatic N) is 1. The number of hydrazine groups is 1. The second-order valence-corrected chi connectivity index (χ2v) is 3.59. The van der Waals surface area contributed by atoms with Crippen molar-refractivity contribution in [2.75, 3.05) is 5.43 Å². The first kappa shape index (κ1) is 11.1. The monoisotopic (exact) mass is 234 g/mol. The molecule has 88 valence electrons. The van der Waals surface area contributed by atoms with Crippen molar-refractivity contribution in [3.8, 4) is 0 Å². The third kappa shape index (κ3) is 2.10. The van der Waals surface area contributed by atoms with E-state index in [1.807, 2.05) is 0 Å². The number of imide groups is 1. The summed E-state index contributed by atoms with van der Waals surface area (Å²) < 4.78 is 0. The lowest BCUT2D eigenvalue weighted by molar-refractivity contribution is -0.136. The summed E-state index contributed by atoms with van der Waals surface area (Å²) in [6, 6.07) is 6.10. The number of rotatable bonds is 3. The maximum atomic E-state index is 11.4. The van der Waals surface area contributed by atoms with Crippen molar-refractivity contribution in [1.29, 1.82) is 0 Å². The third-order valence-electron chi connectivity index (χ3n) is 2.44. The van der Waals surface area contributed by atoms with Crippen LogP contribution in [0.3, 0.4) is 0 Å². The molecule has 1 aromatic carbocycles. The van der Waals surface area contributed by atoms with E-state index in [4.69, 9.17) is 5.11 Å². The van der Waals surface area contributed by atoms with Crippen molar-refractivity contribution in [3.63, 3.8) is 0 Å². The van der Waals surface area contributed by atoms with Gasteiger partial charge in [-0.15, -0.1) is 0 Å². The first-order valence-electron chi connectivity index (χ1n) is 5.04. The number of hydrogen-bond donors (Lipinski definition) is 2. The van der Waals surface area contributed by atoms with Gasteiger partial charge < -0.3 is 5.11 Å². The molecule has 0 unspecified atom stereocenters. The quantitative estimate of drug-likeness (QED) is 0.757. The third-order valence-corrected chi connectivity index (χ3v) is 2.44. The molecule has 0 spiro atoms. The van der Waals surface area contributed by atoms with Gasteiger partial charge >= 0.3 is 5.97 Å². The van der Waals surface area contributed by atoms with E-state index in [0.29, 0.717) is 0 Å². The lowest BCUT2D eigenvalue weighted by Gasteiger charge is -2.17. The molecule has 17 heavy (non-hydrogen) atoms. The molecule has 6 nitrogen and oxygen atoms in total. The molecule has 0 aliphatic carbocycles. The topological polar surface area (TPSA) is 86.7 Å². The van der Waals surface area contributed by atoms with E-state index in [0.717, 1.165) is 5.01 Å². The van der Waals surface area contributed by atoms with Crippen molar-refractivity contribution in [1.82, 2.24) is 5.01 Å². The molecule has 1 saturated heterocycles. The predicted molar refractivity (Wildman–Crippen MR) is 58.1 cm³/mol. The Labute approximate surface area is 96.8 Å². The number of carbonyl (C=O) groups is 3. The van der Waals surface area contributed by atoms with Crippen LogP contribution in [0.15, 0.2) is 24.3 Å². The van der Waals surface area contributed by atoms with E-state index >= 15 is 0 Å². The van der Waals surface area contributed by atoms with E-state index in [-0.39, 0.29) is 35.9 Å². The zero-order chi connectivity index (χ0) is 12.4. The van der Waals surface area contributed by atoms with Gasteiger partial charge in [0.15, 0.2) is 0 Å². The SMILES string of the molecule is O=C(O)c1ccccc1NN1C(=O)CCC1=O. The largest absolute Gasteiger partial charge is 0.478 e. The second-order valence-electron chi connectivity index (χ2n) is 3.59. The lowest BCUT2D eigenvalue weighted by atomic mass is 10.2. The maximum absolute atomic E-state index is 11.4. The zero-order valence-electron chi connectivity index (χ0n) is 8.84. The van der Waals surface area contributed by atoms with E-state index < -0.39 is 5.97 Å². The van der Waals surface area contributed by atoms with Crippen LogP contribution in [0.1, 0.15) is 23.2 Å². The van der Waals surface area contributed by atoms with Crippen LogP contribution in [0.5, 0.6) is 0 Å². The first-order valence-corrected chi connectivity index (χ1v) is 5.04. The van der Waals surface area contributed by atoms with Crippen LogP contribution in [-0.4, -0.2) is 27.9 Å². The Kier molecular flexibility index (Phi) is 2.78. The summed E-state index contributed by atoms with van der Waals surface area (Å²) in [5, 5.41) is 9.81. The summed E-state index contributed by atoms with van der Waals surface area (Å²) in [5.74, 6) is -1.82. The molecular weight excluding hydrogens is 224 g/mol. The normalized spacial score (nSPS) is 15.2. The molecule has 0 atom stereocenters. The van der Waals surface area contributed by atoms with Gasteiger partial charge in [-0.1, -0.05) is 12.1 Å². The standard InChI is InChI=1S/C11H10N2O4/c14-9-5-6-10(15)13(9)12-8-4-2-1-3-7(8)11(16)17/h1-4,12H,5-6H2,(H,16,17). The van der Waals surface area contributed by atoms with Crippen LogP contribution in [0.2, 0.25) is 0 Å². The molecule has 0 aromatic heterocycles. The molecule has 1 aliphatic rings.